The van der Waals surface area contributed by atoms with Crippen LogP contribution in [0.25, 0.3) is 0 Å². The van der Waals surface area contributed by atoms with Crippen molar-refractivity contribution in [2.45, 2.75) is 37.8 Å². The lowest BCUT2D eigenvalue weighted by Crippen LogP contribution is -2.54. The molecule has 1 aliphatic rings. The number of alkyl carbamates (subject to hydrolysis) is 1. The number of nitrogens with zero attached hydrogens (tertiary/aromatic N) is 1. The third kappa shape index (κ3) is 6.21. The molecule has 1 fully saturated rings. The Balaban J connectivity index is 1.97. The van der Waals surface area contributed by atoms with E-state index in [2.05, 4.69) is 25.0 Å². The maximum absolute atomic E-state index is 15.1. The molecule has 0 aromatic heterocycles. The number of benzene rings is 2. The van der Waals surface area contributed by atoms with Gasteiger partial charge in [-0.2, -0.15) is 0 Å². The fourth-order valence-electron chi connectivity index (χ4n) is 4.30. The summed E-state index contributed by atoms with van der Waals surface area (Å²) in [6, 6.07) is 13.4. The highest BCUT2D eigenvalue weighted by atomic mass is 28.3. The molecule has 1 heterocycles. The fourth-order valence-corrected chi connectivity index (χ4v) is 5.01. The van der Waals surface area contributed by atoms with Crippen molar-refractivity contribution >= 4 is 20.1 Å². The summed E-state index contributed by atoms with van der Waals surface area (Å²) in [5, 5.41) is 2.75. The van der Waals surface area contributed by atoms with Gasteiger partial charge in [0, 0.05) is 33.3 Å². The SMILES string of the molecule is COC(=O)C1CN(Cc2ccccc2)CC1(NC(=O)OCC[Si](C)(C)C)c1cc(F)ccc1F. The Kier molecular flexibility index (Phi) is 8.09. The van der Waals surface area contributed by atoms with Crippen molar-refractivity contribution in [1.82, 2.24) is 10.2 Å². The number of carbonyl (C=O) groups is 2. The Morgan fingerprint density at radius 2 is 1.85 bits per heavy atom. The Bertz CT molecular complexity index is 1020. The molecule has 2 aromatic carbocycles. The first-order chi connectivity index (χ1) is 16.0. The lowest BCUT2D eigenvalue weighted by atomic mass is 9.80. The molecule has 34 heavy (non-hydrogen) atoms. The van der Waals surface area contributed by atoms with Crippen molar-refractivity contribution < 1.29 is 27.8 Å². The molecule has 0 spiro atoms. The highest BCUT2D eigenvalue weighted by Gasteiger charge is 2.54. The molecular weight excluding hydrogens is 458 g/mol. The van der Waals surface area contributed by atoms with Crippen LogP contribution >= 0.6 is 0 Å². The van der Waals surface area contributed by atoms with Gasteiger partial charge in [0.15, 0.2) is 0 Å². The first-order valence-corrected chi connectivity index (χ1v) is 15.0. The van der Waals surface area contributed by atoms with E-state index in [-0.39, 0.29) is 25.3 Å². The molecule has 2 atom stereocenters. The number of hydrogen-bond acceptors (Lipinski definition) is 5. The normalized spacial score (nSPS) is 20.7. The molecule has 0 aliphatic carbocycles. The molecule has 2 aromatic rings. The number of amides is 1. The maximum Gasteiger partial charge on any atom is 0.407 e. The van der Waals surface area contributed by atoms with Gasteiger partial charge >= 0.3 is 12.1 Å². The molecular formula is C25H32F2N2O4Si. The first kappa shape index (κ1) is 25.8. The van der Waals surface area contributed by atoms with Crippen LogP contribution in [-0.4, -0.2) is 51.8 Å². The van der Waals surface area contributed by atoms with Crippen LogP contribution < -0.4 is 5.32 Å². The van der Waals surface area contributed by atoms with Crippen LogP contribution in [0.5, 0.6) is 0 Å². The minimum atomic E-state index is -1.57. The largest absolute Gasteiger partial charge is 0.469 e. The summed E-state index contributed by atoms with van der Waals surface area (Å²) in [7, 11) is -0.218. The van der Waals surface area contributed by atoms with Gasteiger partial charge in [0.25, 0.3) is 0 Å². The van der Waals surface area contributed by atoms with Crippen molar-refractivity contribution in [2.75, 3.05) is 26.8 Å². The van der Waals surface area contributed by atoms with E-state index in [0.717, 1.165) is 29.8 Å². The van der Waals surface area contributed by atoms with Crippen LogP contribution in [0.3, 0.4) is 0 Å². The zero-order valence-electron chi connectivity index (χ0n) is 20.1. The molecule has 1 aliphatic heterocycles. The highest BCUT2D eigenvalue weighted by Crippen LogP contribution is 2.40. The summed E-state index contributed by atoms with van der Waals surface area (Å²) < 4.78 is 39.8. The Morgan fingerprint density at radius 1 is 1.15 bits per heavy atom. The van der Waals surface area contributed by atoms with Gasteiger partial charge in [0.1, 0.15) is 11.6 Å². The minimum Gasteiger partial charge on any atom is -0.469 e. The average molecular weight is 491 g/mol. The maximum atomic E-state index is 15.1. The van der Waals surface area contributed by atoms with E-state index in [0.29, 0.717) is 6.54 Å². The molecule has 1 amide bonds. The Hall–Kier alpha value is -2.78. The lowest BCUT2D eigenvalue weighted by molar-refractivity contribution is -0.147. The number of nitrogens with one attached hydrogen (secondary N) is 1. The Labute approximate surface area is 200 Å². The van der Waals surface area contributed by atoms with E-state index < -0.39 is 43.2 Å². The standard InChI is InChI=1S/C25H32F2N2O4Si/c1-32-23(30)21-16-29(15-18-8-6-5-7-9-18)17-25(21,20-14-19(26)10-11-22(20)27)28-24(31)33-12-13-34(2,3)4/h5-11,14,21H,12-13,15-17H2,1-4H3,(H,28,31). The van der Waals surface area contributed by atoms with Crippen LogP contribution in [0.15, 0.2) is 48.5 Å². The molecule has 1 saturated heterocycles. The summed E-state index contributed by atoms with van der Waals surface area (Å²) in [6.07, 6.45) is -0.780. The van der Waals surface area contributed by atoms with Gasteiger partial charge < -0.3 is 14.8 Å². The second kappa shape index (κ2) is 10.6. The first-order valence-electron chi connectivity index (χ1n) is 11.3. The Morgan fingerprint density at radius 3 is 2.50 bits per heavy atom. The van der Waals surface area contributed by atoms with E-state index >= 15 is 4.39 Å². The number of esters is 1. The zero-order chi connectivity index (χ0) is 24.9. The average Bonchev–Trinajstić information content (AvgIpc) is 3.13. The number of halogens is 2. The third-order valence-electron chi connectivity index (χ3n) is 6.06. The minimum absolute atomic E-state index is 0.0746. The molecule has 6 nitrogen and oxygen atoms in total. The number of methoxy groups -OCH3 is 1. The van der Waals surface area contributed by atoms with Crippen molar-refractivity contribution in [3.63, 3.8) is 0 Å². The van der Waals surface area contributed by atoms with Crippen LogP contribution in [0.1, 0.15) is 11.1 Å². The number of ether oxygens (including phenoxy) is 2. The van der Waals surface area contributed by atoms with E-state index in [9.17, 15) is 14.0 Å². The smallest absolute Gasteiger partial charge is 0.407 e. The fraction of sp³-hybridized carbons (Fsp3) is 0.440. The van der Waals surface area contributed by atoms with Crippen LogP contribution in [0.2, 0.25) is 25.7 Å². The van der Waals surface area contributed by atoms with E-state index in [1.807, 2.05) is 35.2 Å². The van der Waals surface area contributed by atoms with E-state index in [1.165, 1.54) is 7.11 Å². The van der Waals surface area contributed by atoms with Gasteiger partial charge in [0.05, 0.1) is 25.2 Å². The number of rotatable bonds is 8. The topological polar surface area (TPSA) is 67.9 Å². The molecule has 0 bridgehead atoms. The van der Waals surface area contributed by atoms with Crippen LogP contribution in [-0.2, 0) is 26.4 Å². The molecule has 0 saturated carbocycles. The third-order valence-corrected chi connectivity index (χ3v) is 7.77. The zero-order valence-corrected chi connectivity index (χ0v) is 21.1. The van der Waals surface area contributed by atoms with Crippen molar-refractivity contribution in [3.05, 3.63) is 71.3 Å². The molecule has 0 radical (unpaired) electrons. The summed E-state index contributed by atoms with van der Waals surface area (Å²) in [5.74, 6) is -2.99. The molecule has 9 heteroatoms. The quantitative estimate of drug-likeness (QED) is 0.435. The summed E-state index contributed by atoms with van der Waals surface area (Å²) in [4.78, 5) is 27.7. The van der Waals surface area contributed by atoms with Gasteiger partial charge in [-0.25, -0.2) is 13.6 Å². The molecule has 3 rings (SSSR count). The number of hydrogen-bond donors (Lipinski definition) is 1. The van der Waals surface area contributed by atoms with Gasteiger partial charge in [-0.1, -0.05) is 50.0 Å². The van der Waals surface area contributed by atoms with Crippen LogP contribution in [0, 0.1) is 17.6 Å². The van der Waals surface area contributed by atoms with Gasteiger partial charge in [-0.3, -0.25) is 9.69 Å². The molecule has 2 unspecified atom stereocenters. The lowest BCUT2D eigenvalue weighted by Gasteiger charge is -2.35. The monoisotopic (exact) mass is 490 g/mol. The molecule has 184 valence electrons. The van der Waals surface area contributed by atoms with Crippen molar-refractivity contribution in [2.24, 2.45) is 5.92 Å². The highest BCUT2D eigenvalue weighted by molar-refractivity contribution is 6.76. The van der Waals surface area contributed by atoms with Gasteiger partial charge in [0.2, 0.25) is 0 Å². The van der Waals surface area contributed by atoms with Crippen molar-refractivity contribution in [3.8, 4) is 0 Å². The van der Waals surface area contributed by atoms with Crippen LogP contribution in [0.4, 0.5) is 13.6 Å². The predicted octanol–water partition coefficient (Wildman–Crippen LogP) is 4.53. The summed E-state index contributed by atoms with van der Waals surface area (Å²) in [5.41, 5.74) is -0.690. The second-order valence-electron chi connectivity index (χ2n) is 9.90. The predicted molar refractivity (Wildman–Crippen MR) is 128 cm³/mol. The van der Waals surface area contributed by atoms with E-state index in [1.54, 1.807) is 0 Å². The summed E-state index contributed by atoms with van der Waals surface area (Å²) in [6.45, 7) is 7.40. The molecule has 1 N–H and O–H groups in total. The van der Waals surface area contributed by atoms with Gasteiger partial charge in [-0.05, 0) is 29.8 Å². The summed E-state index contributed by atoms with van der Waals surface area (Å²) >= 11 is 0. The second-order valence-corrected chi connectivity index (χ2v) is 15.5. The number of carbonyl (C=O) groups excluding carboxylic acids is 2. The van der Waals surface area contributed by atoms with Crippen molar-refractivity contribution in [1.29, 1.82) is 0 Å². The number of likely N-dealkylation sites (tertiary alicyclic amines) is 1. The van der Waals surface area contributed by atoms with Gasteiger partial charge in [-0.15, -0.1) is 0 Å². The van der Waals surface area contributed by atoms with E-state index in [4.69, 9.17) is 9.47 Å².